The van der Waals surface area contributed by atoms with Crippen LogP contribution in [0.2, 0.25) is 0 Å². The number of aliphatic hydroxyl groups excluding tert-OH is 1. The molecule has 0 aliphatic rings. The van der Waals surface area contributed by atoms with Crippen molar-refractivity contribution in [1.29, 1.82) is 0 Å². The first-order chi connectivity index (χ1) is 7.38. The Morgan fingerprint density at radius 2 is 2.20 bits per heavy atom. The molecule has 0 aliphatic carbocycles. The SMILES string of the molecule is OCCc1cn(Cc2cnccn2)nn1. The Labute approximate surface area is 86.6 Å². The van der Waals surface area contributed by atoms with Crippen molar-refractivity contribution in [3.8, 4) is 0 Å². The van der Waals surface area contributed by atoms with Gasteiger partial charge in [0.1, 0.15) is 0 Å². The smallest absolute Gasteiger partial charge is 0.0864 e. The van der Waals surface area contributed by atoms with E-state index in [9.17, 15) is 0 Å². The Bertz CT molecular complexity index is 413. The molecule has 0 fully saturated rings. The number of aliphatic hydroxyl groups is 1. The van der Waals surface area contributed by atoms with Gasteiger partial charge in [0.25, 0.3) is 0 Å². The minimum absolute atomic E-state index is 0.0871. The van der Waals surface area contributed by atoms with E-state index in [-0.39, 0.29) is 6.61 Å². The minimum atomic E-state index is 0.0871. The molecule has 2 heterocycles. The van der Waals surface area contributed by atoms with E-state index >= 15 is 0 Å². The zero-order valence-corrected chi connectivity index (χ0v) is 8.11. The molecule has 15 heavy (non-hydrogen) atoms. The zero-order chi connectivity index (χ0) is 10.5. The highest BCUT2D eigenvalue weighted by atomic mass is 16.3. The predicted molar refractivity (Wildman–Crippen MR) is 51.9 cm³/mol. The van der Waals surface area contributed by atoms with Crippen LogP contribution in [0.4, 0.5) is 0 Å². The Balaban J connectivity index is 2.05. The quantitative estimate of drug-likeness (QED) is 0.738. The van der Waals surface area contributed by atoms with E-state index in [1.807, 2.05) is 0 Å². The summed E-state index contributed by atoms with van der Waals surface area (Å²) in [5.41, 5.74) is 1.61. The molecular formula is C9H11N5O. The van der Waals surface area contributed by atoms with Crippen LogP contribution in [-0.2, 0) is 13.0 Å². The first-order valence-corrected chi connectivity index (χ1v) is 4.63. The molecule has 0 aliphatic heterocycles. The number of nitrogens with zero attached hydrogens (tertiary/aromatic N) is 5. The van der Waals surface area contributed by atoms with Crippen molar-refractivity contribution in [2.75, 3.05) is 6.61 Å². The van der Waals surface area contributed by atoms with Crippen molar-refractivity contribution in [2.45, 2.75) is 13.0 Å². The lowest BCUT2D eigenvalue weighted by Gasteiger charge is -1.97. The van der Waals surface area contributed by atoms with Gasteiger partial charge in [0, 0.05) is 31.6 Å². The first kappa shape index (κ1) is 9.72. The van der Waals surface area contributed by atoms with Crippen LogP contribution in [0, 0.1) is 0 Å². The molecule has 6 heteroatoms. The third-order valence-corrected chi connectivity index (χ3v) is 1.89. The van der Waals surface area contributed by atoms with E-state index in [1.54, 1.807) is 29.5 Å². The summed E-state index contributed by atoms with van der Waals surface area (Å²) < 4.78 is 1.68. The Morgan fingerprint density at radius 1 is 1.27 bits per heavy atom. The monoisotopic (exact) mass is 205 g/mol. The summed E-state index contributed by atoms with van der Waals surface area (Å²) in [6.45, 7) is 0.635. The van der Waals surface area contributed by atoms with Crippen molar-refractivity contribution in [3.05, 3.63) is 36.2 Å². The fourth-order valence-corrected chi connectivity index (χ4v) is 1.22. The highest BCUT2D eigenvalue weighted by Crippen LogP contribution is 1.98. The van der Waals surface area contributed by atoms with Crippen LogP contribution in [0.3, 0.4) is 0 Å². The maximum atomic E-state index is 8.72. The number of aromatic nitrogens is 5. The molecule has 2 aromatic heterocycles. The van der Waals surface area contributed by atoms with Crippen molar-refractivity contribution >= 4 is 0 Å². The molecule has 0 aromatic carbocycles. The van der Waals surface area contributed by atoms with E-state index in [1.165, 1.54) is 0 Å². The van der Waals surface area contributed by atoms with E-state index < -0.39 is 0 Å². The van der Waals surface area contributed by atoms with Gasteiger partial charge in [-0.25, -0.2) is 4.68 Å². The number of hydrogen-bond donors (Lipinski definition) is 1. The molecule has 78 valence electrons. The lowest BCUT2D eigenvalue weighted by molar-refractivity contribution is 0.298. The van der Waals surface area contributed by atoms with Crippen LogP contribution in [0.5, 0.6) is 0 Å². The van der Waals surface area contributed by atoms with Gasteiger partial charge >= 0.3 is 0 Å². The van der Waals surface area contributed by atoms with Crippen LogP contribution >= 0.6 is 0 Å². The summed E-state index contributed by atoms with van der Waals surface area (Å²) in [6.07, 6.45) is 7.28. The highest BCUT2D eigenvalue weighted by Gasteiger charge is 2.01. The van der Waals surface area contributed by atoms with Gasteiger partial charge in [-0.15, -0.1) is 5.10 Å². The maximum Gasteiger partial charge on any atom is 0.0864 e. The van der Waals surface area contributed by atoms with Gasteiger partial charge in [-0.05, 0) is 0 Å². The van der Waals surface area contributed by atoms with Crippen LogP contribution in [-0.4, -0.2) is 36.7 Å². The van der Waals surface area contributed by atoms with Gasteiger partial charge < -0.3 is 5.11 Å². The van der Waals surface area contributed by atoms with Crippen LogP contribution in [0.1, 0.15) is 11.4 Å². The fourth-order valence-electron chi connectivity index (χ4n) is 1.22. The molecule has 0 amide bonds. The van der Waals surface area contributed by atoms with Gasteiger partial charge in [-0.2, -0.15) is 0 Å². The second-order valence-corrected chi connectivity index (χ2v) is 3.08. The molecule has 0 radical (unpaired) electrons. The molecule has 0 unspecified atom stereocenters. The highest BCUT2D eigenvalue weighted by molar-refractivity contribution is 4.98. The molecule has 0 spiro atoms. The van der Waals surface area contributed by atoms with E-state index in [4.69, 9.17) is 5.11 Å². The summed E-state index contributed by atoms with van der Waals surface area (Å²) >= 11 is 0. The van der Waals surface area contributed by atoms with Gasteiger partial charge in [0.15, 0.2) is 0 Å². The molecule has 0 bridgehead atoms. The standard InChI is InChI=1S/C9H11N5O/c15-4-1-8-6-14(13-12-8)7-9-5-10-2-3-11-9/h2-3,5-6,15H,1,4,7H2. The summed E-state index contributed by atoms with van der Waals surface area (Å²) in [4.78, 5) is 8.09. The van der Waals surface area contributed by atoms with Crippen LogP contribution in [0.25, 0.3) is 0 Å². The van der Waals surface area contributed by atoms with Crippen molar-refractivity contribution in [2.24, 2.45) is 0 Å². The molecule has 0 saturated heterocycles. The third kappa shape index (κ3) is 2.57. The molecule has 2 rings (SSSR count). The molecular weight excluding hydrogens is 194 g/mol. The van der Waals surface area contributed by atoms with E-state index in [2.05, 4.69) is 20.3 Å². The van der Waals surface area contributed by atoms with E-state index in [0.717, 1.165) is 11.4 Å². The summed E-state index contributed by atoms with van der Waals surface area (Å²) in [7, 11) is 0. The normalized spacial score (nSPS) is 10.5. The van der Waals surface area contributed by atoms with Gasteiger partial charge in [-0.1, -0.05) is 5.21 Å². The number of rotatable bonds is 4. The topological polar surface area (TPSA) is 76.7 Å². The minimum Gasteiger partial charge on any atom is -0.396 e. The first-order valence-electron chi connectivity index (χ1n) is 4.63. The van der Waals surface area contributed by atoms with Crippen molar-refractivity contribution < 1.29 is 5.11 Å². The lowest BCUT2D eigenvalue weighted by atomic mass is 10.3. The van der Waals surface area contributed by atoms with E-state index in [0.29, 0.717) is 13.0 Å². The van der Waals surface area contributed by atoms with Crippen LogP contribution in [0.15, 0.2) is 24.8 Å². The second kappa shape index (κ2) is 4.61. The zero-order valence-electron chi connectivity index (χ0n) is 8.11. The second-order valence-electron chi connectivity index (χ2n) is 3.08. The van der Waals surface area contributed by atoms with Crippen molar-refractivity contribution in [1.82, 2.24) is 25.0 Å². The predicted octanol–water partition coefficient (Wildman–Crippen LogP) is -0.349. The largest absolute Gasteiger partial charge is 0.396 e. The summed E-state index contributed by atoms with van der Waals surface area (Å²) in [5, 5.41) is 16.5. The van der Waals surface area contributed by atoms with Gasteiger partial charge in [-0.3, -0.25) is 9.97 Å². The average Bonchev–Trinajstić information content (AvgIpc) is 2.68. The molecule has 1 N–H and O–H groups in total. The summed E-state index contributed by atoms with van der Waals surface area (Å²) in [6, 6.07) is 0. The summed E-state index contributed by atoms with van der Waals surface area (Å²) in [5.74, 6) is 0. The third-order valence-electron chi connectivity index (χ3n) is 1.89. The van der Waals surface area contributed by atoms with Gasteiger partial charge in [0.05, 0.1) is 24.1 Å². The molecule has 0 saturated carbocycles. The Kier molecular flexibility index (Phi) is 2.99. The number of hydrogen-bond acceptors (Lipinski definition) is 5. The fraction of sp³-hybridized carbons (Fsp3) is 0.333. The van der Waals surface area contributed by atoms with Gasteiger partial charge in [0.2, 0.25) is 0 Å². The molecule has 0 atom stereocenters. The molecule has 6 nitrogen and oxygen atoms in total. The Morgan fingerprint density at radius 3 is 2.93 bits per heavy atom. The maximum absolute atomic E-state index is 8.72. The Hall–Kier alpha value is -1.82. The lowest BCUT2D eigenvalue weighted by Crippen LogP contribution is -2.02. The molecule has 2 aromatic rings. The average molecular weight is 205 g/mol. The van der Waals surface area contributed by atoms with Crippen LogP contribution < -0.4 is 0 Å². The van der Waals surface area contributed by atoms with Crippen molar-refractivity contribution in [3.63, 3.8) is 0 Å².